The van der Waals surface area contributed by atoms with Crippen LogP contribution in [0.25, 0.3) is 0 Å². The van der Waals surface area contributed by atoms with Gasteiger partial charge in [-0.2, -0.15) is 0 Å². The molecule has 0 aromatic carbocycles. The number of methoxy groups -OCH3 is 1. The van der Waals surface area contributed by atoms with Crippen molar-refractivity contribution < 1.29 is 14.3 Å². The highest BCUT2D eigenvalue weighted by atomic mass is 32.2. The summed E-state index contributed by atoms with van der Waals surface area (Å²) in [7, 11) is 1.36. The number of aromatic nitrogens is 3. The lowest BCUT2D eigenvalue weighted by Crippen LogP contribution is -2.14. The summed E-state index contributed by atoms with van der Waals surface area (Å²) >= 11 is 2.70. The topological polar surface area (TPSA) is 97.0 Å². The van der Waals surface area contributed by atoms with Gasteiger partial charge in [0.2, 0.25) is 5.91 Å². The first kappa shape index (κ1) is 18.5. The summed E-state index contributed by atoms with van der Waals surface area (Å²) in [5, 5.41) is 5.87. The van der Waals surface area contributed by atoms with Crippen molar-refractivity contribution in [1.82, 2.24) is 15.0 Å². The van der Waals surface area contributed by atoms with Crippen LogP contribution in [0.2, 0.25) is 0 Å². The van der Waals surface area contributed by atoms with E-state index in [1.165, 1.54) is 30.2 Å². The Bertz CT molecular complexity index is 711. The van der Waals surface area contributed by atoms with Crippen LogP contribution >= 0.6 is 23.1 Å². The molecule has 130 valence electrons. The zero-order valence-corrected chi connectivity index (χ0v) is 15.5. The number of hydrogen-bond acceptors (Lipinski definition) is 7. The number of H-pyrrole nitrogens is 1. The zero-order chi connectivity index (χ0) is 17.5. The van der Waals surface area contributed by atoms with Gasteiger partial charge in [-0.1, -0.05) is 18.7 Å². The molecular formula is C15H20N4O3S2. The minimum absolute atomic E-state index is 0.138. The Morgan fingerprint density at radius 2 is 2.21 bits per heavy atom. The second-order valence-corrected chi connectivity index (χ2v) is 6.85. The van der Waals surface area contributed by atoms with Crippen molar-refractivity contribution in [2.24, 2.45) is 0 Å². The molecule has 2 heterocycles. The fraction of sp³-hybridized carbons (Fsp3) is 0.467. The molecule has 0 unspecified atom stereocenters. The molecule has 9 heteroatoms. The molecule has 24 heavy (non-hydrogen) atoms. The van der Waals surface area contributed by atoms with Gasteiger partial charge in [0.05, 0.1) is 30.7 Å². The van der Waals surface area contributed by atoms with Gasteiger partial charge >= 0.3 is 5.97 Å². The third-order valence-corrected chi connectivity index (χ3v) is 4.93. The van der Waals surface area contributed by atoms with Gasteiger partial charge in [0.25, 0.3) is 0 Å². The summed E-state index contributed by atoms with van der Waals surface area (Å²) in [6.07, 6.45) is 1.64. The number of carbonyl (C=O) groups is 2. The fourth-order valence-electron chi connectivity index (χ4n) is 1.98. The van der Waals surface area contributed by atoms with Gasteiger partial charge in [-0.05, 0) is 13.3 Å². The molecule has 0 saturated heterocycles. The van der Waals surface area contributed by atoms with E-state index in [4.69, 9.17) is 0 Å². The van der Waals surface area contributed by atoms with Crippen molar-refractivity contribution >= 4 is 40.1 Å². The number of rotatable bonds is 8. The molecule has 0 radical (unpaired) electrons. The van der Waals surface area contributed by atoms with Crippen LogP contribution < -0.4 is 5.32 Å². The number of imidazole rings is 1. The van der Waals surface area contributed by atoms with E-state index in [0.29, 0.717) is 11.6 Å². The molecule has 0 fully saturated rings. The summed E-state index contributed by atoms with van der Waals surface area (Å²) in [6, 6.07) is 0. The van der Waals surface area contributed by atoms with Gasteiger partial charge < -0.3 is 15.0 Å². The van der Waals surface area contributed by atoms with E-state index in [1.54, 1.807) is 0 Å². The highest BCUT2D eigenvalue weighted by molar-refractivity contribution is 7.99. The zero-order valence-electron chi connectivity index (χ0n) is 13.8. The normalized spacial score (nSPS) is 10.6. The summed E-state index contributed by atoms with van der Waals surface area (Å²) in [6.45, 7) is 4.02. The number of carbonyl (C=O) groups excluding carboxylic acids is 2. The predicted molar refractivity (Wildman–Crippen MR) is 94.5 cm³/mol. The number of nitrogens with one attached hydrogen (secondary N) is 2. The lowest BCUT2D eigenvalue weighted by atomic mass is 10.2. The number of thioether (sulfide) groups is 1. The number of esters is 1. The molecule has 2 aromatic rings. The molecule has 7 nitrogen and oxygen atoms in total. The average molecular weight is 368 g/mol. The Kier molecular flexibility index (Phi) is 6.80. The van der Waals surface area contributed by atoms with E-state index in [1.807, 2.05) is 19.2 Å². The lowest BCUT2D eigenvalue weighted by Gasteiger charge is -2.00. The number of hydrogen-bond donors (Lipinski definition) is 2. The van der Waals surface area contributed by atoms with Crippen LogP contribution in [-0.4, -0.2) is 39.7 Å². The van der Waals surface area contributed by atoms with E-state index in [2.05, 4.69) is 25.0 Å². The molecule has 0 bridgehead atoms. The Hall–Kier alpha value is -1.87. The molecular weight excluding hydrogens is 348 g/mol. The van der Waals surface area contributed by atoms with Crippen LogP contribution in [0.3, 0.4) is 0 Å². The van der Waals surface area contributed by atoms with Crippen molar-refractivity contribution in [2.45, 2.75) is 38.3 Å². The summed E-state index contributed by atoms with van der Waals surface area (Å²) < 4.78 is 4.59. The van der Waals surface area contributed by atoms with Gasteiger partial charge in [-0.3, -0.25) is 9.59 Å². The Morgan fingerprint density at radius 1 is 1.42 bits per heavy atom. The van der Waals surface area contributed by atoms with Crippen LogP contribution in [-0.2, 0) is 27.2 Å². The minimum atomic E-state index is -0.273. The highest BCUT2D eigenvalue weighted by Crippen LogP contribution is 2.19. The second-order valence-electron chi connectivity index (χ2n) is 5.02. The molecule has 0 aliphatic rings. The van der Waals surface area contributed by atoms with E-state index in [-0.39, 0.29) is 24.1 Å². The van der Waals surface area contributed by atoms with E-state index < -0.39 is 0 Å². The standard InChI is InChI=1S/C15H20N4O3S2/c1-4-11-9(2)16-14(18-11)24-8-12(20)19-15-17-10(7-23-15)5-6-13(21)22-3/h7H,4-6,8H2,1-3H3,(H,16,18)(H,17,19,20). The van der Waals surface area contributed by atoms with Gasteiger partial charge in [0.15, 0.2) is 10.3 Å². The quantitative estimate of drug-likeness (QED) is 0.549. The van der Waals surface area contributed by atoms with Gasteiger partial charge in [0, 0.05) is 17.5 Å². The molecule has 2 rings (SSSR count). The Labute approximate surface area is 148 Å². The number of amides is 1. The molecule has 1 amide bonds. The average Bonchev–Trinajstić information content (AvgIpc) is 3.16. The highest BCUT2D eigenvalue weighted by Gasteiger charge is 2.11. The van der Waals surface area contributed by atoms with Crippen molar-refractivity contribution in [1.29, 1.82) is 0 Å². The number of aryl methyl sites for hydroxylation is 3. The van der Waals surface area contributed by atoms with Gasteiger partial charge in [0.1, 0.15) is 0 Å². The summed E-state index contributed by atoms with van der Waals surface area (Å²) in [5.74, 6) is -0.154. The van der Waals surface area contributed by atoms with Crippen LogP contribution in [0.1, 0.15) is 30.4 Å². The van der Waals surface area contributed by atoms with Gasteiger partial charge in [-0.15, -0.1) is 11.3 Å². The number of nitrogens with zero attached hydrogens (tertiary/aromatic N) is 2. The lowest BCUT2D eigenvalue weighted by molar-refractivity contribution is -0.140. The monoisotopic (exact) mass is 368 g/mol. The third-order valence-electron chi connectivity index (χ3n) is 3.25. The Balaban J connectivity index is 1.79. The maximum Gasteiger partial charge on any atom is 0.305 e. The first-order valence-electron chi connectivity index (χ1n) is 7.51. The van der Waals surface area contributed by atoms with Crippen molar-refractivity contribution in [2.75, 3.05) is 18.2 Å². The summed E-state index contributed by atoms with van der Waals surface area (Å²) in [5.41, 5.74) is 2.83. The van der Waals surface area contributed by atoms with E-state index in [0.717, 1.165) is 28.7 Å². The SMILES string of the molecule is CCc1nc(SCC(=O)Nc2nc(CCC(=O)OC)cs2)[nH]c1C. The van der Waals surface area contributed by atoms with Crippen molar-refractivity contribution in [3.05, 3.63) is 22.5 Å². The van der Waals surface area contributed by atoms with Crippen molar-refractivity contribution in [3.63, 3.8) is 0 Å². The second kappa shape index (κ2) is 8.84. The molecule has 0 atom stereocenters. The number of thiazole rings is 1. The Morgan fingerprint density at radius 3 is 2.88 bits per heavy atom. The van der Waals surface area contributed by atoms with Crippen molar-refractivity contribution in [3.8, 4) is 0 Å². The smallest absolute Gasteiger partial charge is 0.305 e. The largest absolute Gasteiger partial charge is 0.469 e. The molecule has 0 saturated carbocycles. The maximum atomic E-state index is 12.0. The first-order valence-corrected chi connectivity index (χ1v) is 9.37. The molecule has 2 aromatic heterocycles. The molecule has 0 aliphatic carbocycles. The fourth-order valence-corrected chi connectivity index (χ4v) is 3.48. The first-order chi connectivity index (χ1) is 11.5. The number of anilines is 1. The van der Waals surface area contributed by atoms with Gasteiger partial charge in [-0.25, -0.2) is 9.97 Å². The van der Waals surface area contributed by atoms with E-state index >= 15 is 0 Å². The van der Waals surface area contributed by atoms with Crippen LogP contribution in [0.4, 0.5) is 5.13 Å². The summed E-state index contributed by atoms with van der Waals surface area (Å²) in [4.78, 5) is 35.0. The van der Waals surface area contributed by atoms with Crippen LogP contribution in [0.5, 0.6) is 0 Å². The number of aromatic amines is 1. The molecule has 0 aliphatic heterocycles. The third kappa shape index (κ3) is 5.34. The maximum absolute atomic E-state index is 12.0. The van der Waals surface area contributed by atoms with E-state index in [9.17, 15) is 9.59 Å². The molecule has 2 N–H and O–H groups in total. The predicted octanol–water partition coefficient (Wildman–Crippen LogP) is 2.57. The van der Waals surface area contributed by atoms with Crippen LogP contribution in [0, 0.1) is 6.92 Å². The minimum Gasteiger partial charge on any atom is -0.469 e. The molecule has 0 spiro atoms. The van der Waals surface area contributed by atoms with Crippen LogP contribution in [0.15, 0.2) is 10.5 Å². The number of ether oxygens (including phenoxy) is 1.